The number of hydrogen-bond donors (Lipinski definition) is 0. The zero-order valence-electron chi connectivity index (χ0n) is 12.5. The normalized spacial score (nSPS) is 20.4. The molecule has 21 heavy (non-hydrogen) atoms. The fraction of sp³-hybridized carbons (Fsp3) is 0.444. The van der Waals surface area contributed by atoms with Gasteiger partial charge >= 0.3 is 0 Å². The van der Waals surface area contributed by atoms with Crippen LogP contribution in [-0.2, 0) is 6.42 Å². The number of carbonyl (C=O) groups excluding carboxylic acids is 1. The summed E-state index contributed by atoms with van der Waals surface area (Å²) in [5, 5.41) is 0.994. The highest BCUT2D eigenvalue weighted by molar-refractivity contribution is 7.17. The Balaban J connectivity index is 1.68. The van der Waals surface area contributed by atoms with E-state index in [-0.39, 0.29) is 11.2 Å². The fourth-order valence-electron chi connectivity index (χ4n) is 3.16. The standard InChI is InChI=1S/C18H19NOS/c1-18(2)9-14-16(15(20)10-18)21-17(19-14)13-7-5-12(6-8-13)11-3-4-11/h5-8,11H,3-4,9-10H2,1-2H3. The molecule has 0 aliphatic heterocycles. The van der Waals surface area contributed by atoms with E-state index in [1.807, 2.05) is 0 Å². The van der Waals surface area contributed by atoms with Crippen molar-refractivity contribution in [2.75, 3.05) is 0 Å². The summed E-state index contributed by atoms with van der Waals surface area (Å²) < 4.78 is 0. The number of thiazole rings is 1. The Bertz CT molecular complexity index is 707. The molecule has 0 atom stereocenters. The Labute approximate surface area is 129 Å². The van der Waals surface area contributed by atoms with Crippen LogP contribution in [0.15, 0.2) is 24.3 Å². The molecular weight excluding hydrogens is 278 g/mol. The summed E-state index contributed by atoms with van der Waals surface area (Å²) in [5.74, 6) is 1.05. The second kappa shape index (κ2) is 4.51. The highest BCUT2D eigenvalue weighted by Gasteiger charge is 2.34. The summed E-state index contributed by atoms with van der Waals surface area (Å²) in [7, 11) is 0. The highest BCUT2D eigenvalue weighted by Crippen LogP contribution is 2.42. The second-order valence-corrected chi connectivity index (χ2v) is 8.13. The van der Waals surface area contributed by atoms with Crippen molar-refractivity contribution in [3.63, 3.8) is 0 Å². The molecule has 0 unspecified atom stereocenters. The van der Waals surface area contributed by atoms with E-state index in [1.165, 1.54) is 18.4 Å². The van der Waals surface area contributed by atoms with Gasteiger partial charge in [-0.15, -0.1) is 11.3 Å². The molecule has 0 spiro atoms. The first-order chi connectivity index (χ1) is 10.0. The number of carbonyl (C=O) groups is 1. The Morgan fingerprint density at radius 2 is 1.86 bits per heavy atom. The van der Waals surface area contributed by atoms with Crippen molar-refractivity contribution < 1.29 is 4.79 Å². The van der Waals surface area contributed by atoms with Gasteiger partial charge in [0.2, 0.25) is 0 Å². The van der Waals surface area contributed by atoms with E-state index < -0.39 is 0 Å². The van der Waals surface area contributed by atoms with Gasteiger partial charge in [-0.3, -0.25) is 4.79 Å². The third-order valence-corrected chi connectivity index (χ3v) is 5.63. The van der Waals surface area contributed by atoms with E-state index in [9.17, 15) is 4.79 Å². The van der Waals surface area contributed by atoms with Crippen LogP contribution in [0.3, 0.4) is 0 Å². The average Bonchev–Trinajstić information content (AvgIpc) is 3.18. The highest BCUT2D eigenvalue weighted by atomic mass is 32.1. The molecule has 2 aromatic rings. The minimum atomic E-state index is 0.0469. The predicted molar refractivity (Wildman–Crippen MR) is 86.0 cm³/mol. The number of hydrogen-bond acceptors (Lipinski definition) is 3. The molecule has 1 saturated carbocycles. The number of Topliss-reactive ketones (excluding diaryl/α,β-unsaturated/α-hetero) is 1. The first-order valence-electron chi connectivity index (χ1n) is 7.65. The van der Waals surface area contributed by atoms with Crippen molar-refractivity contribution in [1.29, 1.82) is 0 Å². The summed E-state index contributed by atoms with van der Waals surface area (Å²) in [6.07, 6.45) is 4.20. The Kier molecular flexibility index (Phi) is 2.83. The second-order valence-electron chi connectivity index (χ2n) is 7.13. The number of ketones is 1. The third kappa shape index (κ3) is 2.44. The van der Waals surface area contributed by atoms with Crippen LogP contribution in [0.2, 0.25) is 0 Å². The summed E-state index contributed by atoms with van der Waals surface area (Å²) >= 11 is 1.57. The number of rotatable bonds is 2. The summed E-state index contributed by atoms with van der Waals surface area (Å²) in [5.41, 5.74) is 3.63. The van der Waals surface area contributed by atoms with Crippen LogP contribution in [0.25, 0.3) is 10.6 Å². The van der Waals surface area contributed by atoms with Crippen molar-refractivity contribution in [2.45, 2.75) is 45.4 Å². The molecule has 0 N–H and O–H groups in total. The predicted octanol–water partition coefficient (Wildman–Crippen LogP) is 4.84. The topological polar surface area (TPSA) is 30.0 Å². The Hall–Kier alpha value is -1.48. The van der Waals surface area contributed by atoms with Crippen LogP contribution in [0, 0.1) is 5.41 Å². The van der Waals surface area contributed by atoms with Gasteiger partial charge in [-0.05, 0) is 36.2 Å². The van der Waals surface area contributed by atoms with Crippen LogP contribution in [0.1, 0.15) is 60.0 Å². The molecular formula is C18H19NOS. The zero-order chi connectivity index (χ0) is 14.6. The summed E-state index contributed by atoms with van der Waals surface area (Å²) in [6, 6.07) is 8.76. The summed E-state index contributed by atoms with van der Waals surface area (Å²) in [4.78, 5) is 17.9. The fourth-order valence-corrected chi connectivity index (χ4v) is 4.18. The van der Waals surface area contributed by atoms with E-state index in [4.69, 9.17) is 4.98 Å². The monoisotopic (exact) mass is 297 g/mol. The molecule has 2 aliphatic rings. The minimum absolute atomic E-state index is 0.0469. The van der Waals surface area contributed by atoms with Crippen LogP contribution in [0.5, 0.6) is 0 Å². The molecule has 2 aliphatic carbocycles. The lowest BCUT2D eigenvalue weighted by Gasteiger charge is -2.26. The molecule has 3 heteroatoms. The van der Waals surface area contributed by atoms with Gasteiger partial charge in [0.25, 0.3) is 0 Å². The number of fused-ring (bicyclic) bond motifs is 1. The molecule has 4 rings (SSSR count). The van der Waals surface area contributed by atoms with Crippen LogP contribution in [-0.4, -0.2) is 10.8 Å². The van der Waals surface area contributed by atoms with Crippen LogP contribution in [0.4, 0.5) is 0 Å². The molecule has 0 saturated heterocycles. The van der Waals surface area contributed by atoms with Gasteiger partial charge in [-0.1, -0.05) is 38.1 Å². The smallest absolute Gasteiger partial charge is 0.175 e. The Morgan fingerprint density at radius 1 is 1.14 bits per heavy atom. The van der Waals surface area contributed by atoms with Crippen molar-refractivity contribution in [2.24, 2.45) is 5.41 Å². The van der Waals surface area contributed by atoms with Crippen molar-refractivity contribution in [3.8, 4) is 10.6 Å². The summed E-state index contributed by atoms with van der Waals surface area (Å²) in [6.45, 7) is 4.30. The van der Waals surface area contributed by atoms with E-state index in [1.54, 1.807) is 11.3 Å². The lowest BCUT2D eigenvalue weighted by atomic mass is 9.78. The van der Waals surface area contributed by atoms with Gasteiger partial charge < -0.3 is 0 Å². The van der Waals surface area contributed by atoms with E-state index >= 15 is 0 Å². The molecule has 2 nitrogen and oxygen atoms in total. The first-order valence-corrected chi connectivity index (χ1v) is 8.47. The van der Waals surface area contributed by atoms with Crippen LogP contribution < -0.4 is 0 Å². The molecule has 0 radical (unpaired) electrons. The largest absolute Gasteiger partial charge is 0.293 e. The van der Waals surface area contributed by atoms with Gasteiger partial charge in [0.1, 0.15) is 5.01 Å². The van der Waals surface area contributed by atoms with Crippen molar-refractivity contribution in [3.05, 3.63) is 40.4 Å². The average molecular weight is 297 g/mol. The van der Waals surface area contributed by atoms with Crippen molar-refractivity contribution in [1.82, 2.24) is 4.98 Å². The maximum Gasteiger partial charge on any atom is 0.175 e. The van der Waals surface area contributed by atoms with Gasteiger partial charge in [-0.2, -0.15) is 0 Å². The third-order valence-electron chi connectivity index (χ3n) is 4.44. The lowest BCUT2D eigenvalue weighted by molar-refractivity contribution is 0.0916. The maximum atomic E-state index is 12.3. The van der Waals surface area contributed by atoms with Gasteiger partial charge in [0.05, 0.1) is 10.6 Å². The lowest BCUT2D eigenvalue weighted by Crippen LogP contribution is -2.25. The van der Waals surface area contributed by atoms with Crippen molar-refractivity contribution >= 4 is 17.1 Å². The molecule has 0 bridgehead atoms. The quantitative estimate of drug-likeness (QED) is 0.793. The molecule has 1 heterocycles. The minimum Gasteiger partial charge on any atom is -0.293 e. The molecule has 108 valence electrons. The number of nitrogens with zero attached hydrogens (tertiary/aromatic N) is 1. The van der Waals surface area contributed by atoms with Gasteiger partial charge in [0.15, 0.2) is 5.78 Å². The molecule has 1 aromatic carbocycles. The van der Waals surface area contributed by atoms with E-state index in [2.05, 4.69) is 38.1 Å². The van der Waals surface area contributed by atoms with Gasteiger partial charge in [0, 0.05) is 12.0 Å². The van der Waals surface area contributed by atoms with E-state index in [0.717, 1.165) is 33.5 Å². The Morgan fingerprint density at radius 3 is 2.52 bits per heavy atom. The molecule has 0 amide bonds. The number of benzene rings is 1. The molecule has 1 fully saturated rings. The maximum absolute atomic E-state index is 12.3. The van der Waals surface area contributed by atoms with Gasteiger partial charge in [-0.25, -0.2) is 4.98 Å². The number of aromatic nitrogens is 1. The SMILES string of the molecule is CC1(C)CC(=O)c2sc(-c3ccc(C4CC4)cc3)nc2C1. The van der Waals surface area contributed by atoms with E-state index in [0.29, 0.717) is 6.42 Å². The first kappa shape index (κ1) is 13.2. The molecule has 1 aromatic heterocycles. The zero-order valence-corrected chi connectivity index (χ0v) is 13.3. The van der Waals surface area contributed by atoms with Crippen LogP contribution >= 0.6 is 11.3 Å².